The third-order valence-electron chi connectivity index (χ3n) is 4.49. The first-order valence-electron chi connectivity index (χ1n) is 6.93. The van der Waals surface area contributed by atoms with Crippen molar-refractivity contribution < 1.29 is 19.4 Å². The molecule has 104 valence electrons. The van der Waals surface area contributed by atoms with Crippen molar-refractivity contribution in [2.75, 3.05) is 0 Å². The molecule has 3 rings (SSSR count). The maximum atomic E-state index is 12.5. The average Bonchev–Trinajstić information content (AvgIpc) is 2.93. The molecule has 1 amide bonds. The summed E-state index contributed by atoms with van der Waals surface area (Å²) in [5.41, 5.74) is 1.23. The minimum absolute atomic E-state index is 0.0104. The number of carboxylic acids is 1. The van der Waals surface area contributed by atoms with E-state index in [1.54, 1.807) is 0 Å². The Labute approximate surface area is 112 Å². The van der Waals surface area contributed by atoms with Crippen molar-refractivity contribution in [2.45, 2.75) is 62.8 Å². The highest BCUT2D eigenvalue weighted by Crippen LogP contribution is 2.39. The lowest BCUT2D eigenvalue weighted by Crippen LogP contribution is -2.49. The van der Waals surface area contributed by atoms with Gasteiger partial charge in [0.2, 0.25) is 0 Å². The van der Waals surface area contributed by atoms with Crippen LogP contribution >= 0.6 is 0 Å². The van der Waals surface area contributed by atoms with Crippen LogP contribution in [-0.4, -0.2) is 46.2 Å². The van der Waals surface area contributed by atoms with Crippen LogP contribution in [-0.2, 0) is 14.3 Å². The molecule has 2 bridgehead atoms. The first kappa shape index (κ1) is 12.7. The van der Waals surface area contributed by atoms with Gasteiger partial charge in [0.1, 0.15) is 6.10 Å². The van der Waals surface area contributed by atoms with E-state index >= 15 is 0 Å². The summed E-state index contributed by atoms with van der Waals surface area (Å²) in [6.07, 6.45) is 3.42. The van der Waals surface area contributed by atoms with Crippen molar-refractivity contribution in [3.8, 4) is 0 Å². The molecule has 1 N–H and O–H groups in total. The number of nitrogens with zero attached hydrogens (tertiary/aromatic N) is 1. The van der Waals surface area contributed by atoms with Crippen molar-refractivity contribution in [1.82, 2.24) is 4.90 Å². The minimum atomic E-state index is -0.967. The smallest absolute Gasteiger partial charge is 0.332 e. The fourth-order valence-electron chi connectivity index (χ4n) is 3.64. The Morgan fingerprint density at radius 1 is 1.11 bits per heavy atom. The zero-order valence-electron chi connectivity index (χ0n) is 10.9. The van der Waals surface area contributed by atoms with E-state index in [9.17, 15) is 9.59 Å². The summed E-state index contributed by atoms with van der Waals surface area (Å²) in [4.78, 5) is 25.3. The molecule has 19 heavy (non-hydrogen) atoms. The van der Waals surface area contributed by atoms with E-state index in [2.05, 4.69) is 6.58 Å². The fourth-order valence-corrected chi connectivity index (χ4v) is 3.64. The number of rotatable bonds is 2. The number of carboxylic acid groups (broad SMARTS) is 1. The molecule has 0 aromatic carbocycles. The van der Waals surface area contributed by atoms with Crippen molar-refractivity contribution in [1.29, 1.82) is 0 Å². The molecule has 0 aromatic rings. The van der Waals surface area contributed by atoms with Gasteiger partial charge in [-0.2, -0.15) is 0 Å². The lowest BCUT2D eigenvalue weighted by molar-refractivity contribution is -0.156. The van der Waals surface area contributed by atoms with Gasteiger partial charge in [0.25, 0.3) is 5.91 Å². The molecule has 3 aliphatic heterocycles. The molecule has 3 heterocycles. The lowest BCUT2D eigenvalue weighted by Gasteiger charge is -2.37. The summed E-state index contributed by atoms with van der Waals surface area (Å²) in [7, 11) is 0. The van der Waals surface area contributed by atoms with Crippen LogP contribution in [0.1, 0.15) is 38.5 Å². The number of amides is 1. The van der Waals surface area contributed by atoms with Gasteiger partial charge in [-0.3, -0.25) is 4.79 Å². The van der Waals surface area contributed by atoms with Crippen molar-refractivity contribution in [3.05, 3.63) is 12.2 Å². The number of hydrogen-bond acceptors (Lipinski definition) is 3. The number of fused-ring (bicyclic) bond motifs is 2. The van der Waals surface area contributed by atoms with E-state index in [-0.39, 0.29) is 18.0 Å². The first-order valence-corrected chi connectivity index (χ1v) is 6.93. The summed E-state index contributed by atoms with van der Waals surface area (Å²) in [6, 6.07) is 0.512. The van der Waals surface area contributed by atoms with Crippen molar-refractivity contribution in [3.63, 3.8) is 0 Å². The van der Waals surface area contributed by atoms with Crippen LogP contribution in [0.15, 0.2) is 12.2 Å². The van der Waals surface area contributed by atoms with Crippen LogP contribution in [0.2, 0.25) is 0 Å². The zero-order chi connectivity index (χ0) is 13.6. The number of hydrogen-bond donors (Lipinski definition) is 1. The van der Waals surface area contributed by atoms with E-state index < -0.39 is 18.2 Å². The third-order valence-corrected chi connectivity index (χ3v) is 4.49. The summed E-state index contributed by atoms with van der Waals surface area (Å²) in [6.45, 7) is 4.03. The molecule has 3 fully saturated rings. The third kappa shape index (κ3) is 2.16. The second kappa shape index (κ2) is 4.63. The van der Waals surface area contributed by atoms with E-state index in [0.29, 0.717) is 12.8 Å². The molecule has 3 saturated heterocycles. The first-order chi connectivity index (χ1) is 9.06. The van der Waals surface area contributed by atoms with E-state index in [4.69, 9.17) is 9.84 Å². The van der Waals surface area contributed by atoms with Gasteiger partial charge in [0, 0.05) is 12.1 Å². The number of carbonyl (C=O) groups is 2. The monoisotopic (exact) mass is 265 g/mol. The number of carbonyl (C=O) groups excluding carboxylic acids is 1. The predicted molar refractivity (Wildman–Crippen MR) is 67.6 cm³/mol. The largest absolute Gasteiger partial charge is 0.479 e. The van der Waals surface area contributed by atoms with Gasteiger partial charge in [-0.05, 0) is 38.5 Å². The van der Waals surface area contributed by atoms with Crippen LogP contribution in [0.5, 0.6) is 0 Å². The second-order valence-electron chi connectivity index (χ2n) is 5.82. The number of aliphatic carboxylic acids is 1. The summed E-state index contributed by atoms with van der Waals surface area (Å²) >= 11 is 0. The molecule has 2 unspecified atom stereocenters. The normalized spacial score (nSPS) is 37.7. The summed E-state index contributed by atoms with van der Waals surface area (Å²) in [5.74, 6) is -0.978. The zero-order valence-corrected chi connectivity index (χ0v) is 10.9. The topological polar surface area (TPSA) is 66.8 Å². The molecular weight excluding hydrogens is 246 g/mol. The van der Waals surface area contributed by atoms with E-state index in [0.717, 1.165) is 25.7 Å². The Kier molecular flexibility index (Phi) is 3.09. The highest BCUT2D eigenvalue weighted by molar-refractivity contribution is 5.83. The predicted octanol–water partition coefficient (Wildman–Crippen LogP) is 1.33. The molecule has 0 spiro atoms. The van der Waals surface area contributed by atoms with Gasteiger partial charge >= 0.3 is 5.97 Å². The molecule has 5 nitrogen and oxygen atoms in total. The van der Waals surface area contributed by atoms with Crippen LogP contribution < -0.4 is 0 Å². The fraction of sp³-hybridized carbons (Fsp3) is 0.714. The molecule has 3 aliphatic rings. The number of ether oxygens (including phenoxy) is 1. The molecule has 0 radical (unpaired) electrons. The summed E-state index contributed by atoms with van der Waals surface area (Å²) in [5, 5.41) is 8.91. The number of piperidine rings is 1. The van der Waals surface area contributed by atoms with Gasteiger partial charge in [-0.1, -0.05) is 12.2 Å². The SMILES string of the molecule is C=C1CC2CCC(C1)N2C(=O)[C@@H]1CC[C@H](C(=O)O)O1. The Bertz CT molecular complexity index is 417. The van der Waals surface area contributed by atoms with Gasteiger partial charge in [-0.15, -0.1) is 0 Å². The minimum Gasteiger partial charge on any atom is -0.479 e. The Morgan fingerprint density at radius 3 is 2.21 bits per heavy atom. The van der Waals surface area contributed by atoms with Crippen LogP contribution in [0.4, 0.5) is 0 Å². The van der Waals surface area contributed by atoms with Crippen LogP contribution in [0.3, 0.4) is 0 Å². The molecule has 0 aliphatic carbocycles. The van der Waals surface area contributed by atoms with Crippen LogP contribution in [0.25, 0.3) is 0 Å². The maximum Gasteiger partial charge on any atom is 0.332 e. The lowest BCUT2D eigenvalue weighted by atomic mass is 9.97. The van der Waals surface area contributed by atoms with E-state index in [1.165, 1.54) is 5.57 Å². The Hall–Kier alpha value is -1.36. The highest BCUT2D eigenvalue weighted by atomic mass is 16.5. The standard InChI is InChI=1S/C14H19NO4/c1-8-6-9-2-3-10(7-8)15(9)13(16)11-4-5-12(19-11)14(17)18/h9-12H,1-7H2,(H,17,18)/t9?,10?,11-,12+/m0/s1. The second-order valence-corrected chi connectivity index (χ2v) is 5.82. The van der Waals surface area contributed by atoms with Crippen molar-refractivity contribution >= 4 is 11.9 Å². The quantitative estimate of drug-likeness (QED) is 0.765. The van der Waals surface area contributed by atoms with Gasteiger partial charge in [0.05, 0.1) is 0 Å². The Morgan fingerprint density at radius 2 is 1.68 bits per heavy atom. The molecule has 5 heteroatoms. The maximum absolute atomic E-state index is 12.5. The van der Waals surface area contributed by atoms with Gasteiger partial charge in [0.15, 0.2) is 6.10 Å². The van der Waals surface area contributed by atoms with Gasteiger partial charge < -0.3 is 14.7 Å². The van der Waals surface area contributed by atoms with Crippen molar-refractivity contribution in [2.24, 2.45) is 0 Å². The molecular formula is C14H19NO4. The van der Waals surface area contributed by atoms with Gasteiger partial charge in [-0.25, -0.2) is 4.79 Å². The molecule has 4 atom stereocenters. The van der Waals surface area contributed by atoms with E-state index in [1.807, 2.05) is 4.90 Å². The van der Waals surface area contributed by atoms with Crippen LogP contribution in [0, 0.1) is 0 Å². The Balaban J connectivity index is 1.69. The molecule has 0 aromatic heterocycles. The molecule has 0 saturated carbocycles. The summed E-state index contributed by atoms with van der Waals surface area (Å²) < 4.78 is 5.38. The highest BCUT2D eigenvalue weighted by Gasteiger charge is 2.45. The average molecular weight is 265 g/mol.